The molecular formula is C21H24FN3O3. The van der Waals surface area contributed by atoms with Gasteiger partial charge >= 0.3 is 0 Å². The number of rotatable bonds is 8. The molecule has 3 N–H and O–H groups in total. The highest BCUT2D eigenvalue weighted by Crippen LogP contribution is 2.19. The Balaban J connectivity index is 1.52. The first-order valence-corrected chi connectivity index (χ1v) is 9.38. The highest BCUT2D eigenvalue weighted by molar-refractivity contribution is 5.97. The highest BCUT2D eigenvalue weighted by Gasteiger charge is 2.16. The first-order chi connectivity index (χ1) is 13.6. The topological polar surface area (TPSA) is 79.5 Å². The second-order valence-corrected chi connectivity index (χ2v) is 6.72. The highest BCUT2D eigenvalue weighted by atomic mass is 19.1. The molecule has 2 amide bonds. The van der Waals surface area contributed by atoms with Gasteiger partial charge < -0.3 is 20.7 Å². The van der Waals surface area contributed by atoms with Gasteiger partial charge in [-0.3, -0.25) is 9.59 Å². The number of nitrogens with one attached hydrogen (secondary N) is 3. The fourth-order valence-corrected chi connectivity index (χ4v) is 3.12. The molecule has 6 nitrogen and oxygen atoms in total. The van der Waals surface area contributed by atoms with Crippen LogP contribution in [-0.2, 0) is 4.79 Å². The maximum Gasteiger partial charge on any atom is 0.262 e. The summed E-state index contributed by atoms with van der Waals surface area (Å²) in [5.41, 5.74) is 0.453. The summed E-state index contributed by atoms with van der Waals surface area (Å²) in [7, 11) is 0. The van der Waals surface area contributed by atoms with Crippen molar-refractivity contribution >= 4 is 17.5 Å². The molecule has 1 unspecified atom stereocenters. The summed E-state index contributed by atoms with van der Waals surface area (Å²) >= 11 is 0. The summed E-state index contributed by atoms with van der Waals surface area (Å²) in [5, 5.41) is 8.66. The van der Waals surface area contributed by atoms with Crippen LogP contribution in [0, 0.1) is 11.7 Å². The average Bonchev–Trinajstić information content (AvgIpc) is 3.22. The van der Waals surface area contributed by atoms with Crippen molar-refractivity contribution in [1.82, 2.24) is 10.6 Å². The van der Waals surface area contributed by atoms with Crippen LogP contribution in [0.15, 0.2) is 48.5 Å². The van der Waals surface area contributed by atoms with Crippen molar-refractivity contribution in [3.63, 3.8) is 0 Å². The van der Waals surface area contributed by atoms with Crippen LogP contribution in [-0.4, -0.2) is 38.1 Å². The van der Waals surface area contributed by atoms with E-state index in [-0.39, 0.29) is 18.2 Å². The zero-order valence-corrected chi connectivity index (χ0v) is 15.5. The Morgan fingerprint density at radius 1 is 1.14 bits per heavy atom. The summed E-state index contributed by atoms with van der Waals surface area (Å²) in [5.74, 6) is -0.363. The Kier molecular flexibility index (Phi) is 6.97. The van der Waals surface area contributed by atoms with Crippen LogP contribution < -0.4 is 20.7 Å². The molecule has 0 bridgehead atoms. The van der Waals surface area contributed by atoms with Gasteiger partial charge in [0.25, 0.3) is 11.8 Å². The van der Waals surface area contributed by atoms with Crippen LogP contribution in [0.5, 0.6) is 5.75 Å². The molecule has 2 aromatic carbocycles. The van der Waals surface area contributed by atoms with Gasteiger partial charge in [-0.2, -0.15) is 0 Å². The Bertz CT molecular complexity index is 822. The van der Waals surface area contributed by atoms with Gasteiger partial charge in [0.2, 0.25) is 0 Å². The minimum Gasteiger partial charge on any atom is -0.483 e. The lowest BCUT2D eigenvalue weighted by Crippen LogP contribution is -2.27. The Labute approximate surface area is 163 Å². The van der Waals surface area contributed by atoms with Gasteiger partial charge in [-0.1, -0.05) is 24.3 Å². The third-order valence-corrected chi connectivity index (χ3v) is 4.64. The molecule has 1 aliphatic heterocycles. The molecule has 148 valence electrons. The number of carbonyl (C=O) groups is 2. The average molecular weight is 385 g/mol. The van der Waals surface area contributed by atoms with E-state index in [2.05, 4.69) is 16.0 Å². The van der Waals surface area contributed by atoms with E-state index in [4.69, 9.17) is 4.74 Å². The van der Waals surface area contributed by atoms with Crippen molar-refractivity contribution in [2.24, 2.45) is 5.92 Å². The number of hydrogen-bond donors (Lipinski definition) is 3. The number of anilines is 1. The van der Waals surface area contributed by atoms with Gasteiger partial charge in [-0.25, -0.2) is 4.39 Å². The summed E-state index contributed by atoms with van der Waals surface area (Å²) in [6.07, 6.45) is 2.06. The van der Waals surface area contributed by atoms with Crippen LogP contribution >= 0.6 is 0 Å². The zero-order chi connectivity index (χ0) is 19.8. The van der Waals surface area contributed by atoms with E-state index in [1.54, 1.807) is 36.4 Å². The number of benzene rings is 2. The van der Waals surface area contributed by atoms with Crippen LogP contribution in [0.1, 0.15) is 23.2 Å². The molecule has 28 heavy (non-hydrogen) atoms. The lowest BCUT2D eigenvalue weighted by Gasteiger charge is -2.13. The second kappa shape index (κ2) is 9.85. The van der Waals surface area contributed by atoms with E-state index in [0.717, 1.165) is 25.9 Å². The van der Waals surface area contributed by atoms with Crippen LogP contribution in [0.3, 0.4) is 0 Å². The fourth-order valence-electron chi connectivity index (χ4n) is 3.12. The smallest absolute Gasteiger partial charge is 0.262 e. The van der Waals surface area contributed by atoms with Gasteiger partial charge in [0.1, 0.15) is 11.6 Å². The van der Waals surface area contributed by atoms with E-state index < -0.39 is 11.7 Å². The monoisotopic (exact) mass is 385 g/mol. The van der Waals surface area contributed by atoms with Crippen LogP contribution in [0.4, 0.5) is 10.1 Å². The molecular weight excluding hydrogens is 361 g/mol. The number of amides is 2. The minimum atomic E-state index is -0.520. The summed E-state index contributed by atoms with van der Waals surface area (Å²) in [4.78, 5) is 24.5. The number of ether oxygens (including phenoxy) is 1. The molecule has 1 fully saturated rings. The molecule has 7 heteroatoms. The van der Waals surface area contributed by atoms with Crippen LogP contribution in [0.2, 0.25) is 0 Å². The normalized spacial score (nSPS) is 15.8. The maximum absolute atomic E-state index is 13.6. The molecule has 2 aromatic rings. The molecule has 0 radical (unpaired) electrons. The number of carbonyl (C=O) groups excluding carboxylic acids is 2. The van der Waals surface area contributed by atoms with Crippen molar-refractivity contribution in [3.8, 4) is 5.75 Å². The number of halogens is 1. The molecule has 1 saturated heterocycles. The number of para-hydroxylation sites is 2. The molecule has 1 aliphatic rings. The molecule has 1 heterocycles. The largest absolute Gasteiger partial charge is 0.483 e. The minimum absolute atomic E-state index is 0.0866. The Hall–Kier alpha value is -2.93. The van der Waals surface area contributed by atoms with Gasteiger partial charge in [-0.15, -0.1) is 0 Å². The molecule has 0 aromatic heterocycles. The molecule has 3 rings (SSSR count). The SMILES string of the molecule is O=C(COc1ccccc1C(=O)NCCC1CCNC1)Nc1ccccc1F. The van der Waals surface area contributed by atoms with Gasteiger partial charge in [0, 0.05) is 6.54 Å². The maximum atomic E-state index is 13.6. The van der Waals surface area contributed by atoms with Gasteiger partial charge in [-0.05, 0) is 56.1 Å². The van der Waals surface area contributed by atoms with Crippen molar-refractivity contribution < 1.29 is 18.7 Å². The predicted molar refractivity (Wildman–Crippen MR) is 105 cm³/mol. The van der Waals surface area contributed by atoms with Crippen LogP contribution in [0.25, 0.3) is 0 Å². The third kappa shape index (κ3) is 5.53. The first-order valence-electron chi connectivity index (χ1n) is 9.38. The van der Waals surface area contributed by atoms with Crippen molar-refractivity contribution in [3.05, 3.63) is 59.9 Å². The zero-order valence-electron chi connectivity index (χ0n) is 15.5. The van der Waals surface area contributed by atoms with E-state index in [0.29, 0.717) is 23.8 Å². The predicted octanol–water partition coefficient (Wildman–Crippen LogP) is 2.57. The van der Waals surface area contributed by atoms with E-state index in [9.17, 15) is 14.0 Å². The van der Waals surface area contributed by atoms with E-state index in [1.807, 2.05) is 0 Å². The van der Waals surface area contributed by atoms with Gasteiger partial charge in [0.05, 0.1) is 11.3 Å². The summed E-state index contributed by atoms with van der Waals surface area (Å²) in [6.45, 7) is 2.29. The van der Waals surface area contributed by atoms with E-state index >= 15 is 0 Å². The second-order valence-electron chi connectivity index (χ2n) is 6.72. The van der Waals surface area contributed by atoms with Crippen molar-refractivity contribution in [2.75, 3.05) is 31.6 Å². The molecule has 0 spiro atoms. The van der Waals surface area contributed by atoms with Crippen molar-refractivity contribution in [2.45, 2.75) is 12.8 Å². The molecule has 0 saturated carbocycles. The van der Waals surface area contributed by atoms with Gasteiger partial charge in [0.15, 0.2) is 6.61 Å². The lowest BCUT2D eigenvalue weighted by atomic mass is 10.1. The fraction of sp³-hybridized carbons (Fsp3) is 0.333. The van der Waals surface area contributed by atoms with Crippen molar-refractivity contribution in [1.29, 1.82) is 0 Å². The first kappa shape index (κ1) is 19.8. The Morgan fingerprint density at radius 2 is 1.93 bits per heavy atom. The summed E-state index contributed by atoms with van der Waals surface area (Å²) < 4.78 is 19.1. The Morgan fingerprint density at radius 3 is 2.71 bits per heavy atom. The summed E-state index contributed by atoms with van der Waals surface area (Å²) in [6, 6.07) is 12.6. The quantitative estimate of drug-likeness (QED) is 0.653. The standard InChI is InChI=1S/C21H24FN3O3/c22-17-6-2-3-7-18(17)25-20(26)14-28-19-8-4-1-5-16(19)21(27)24-12-10-15-9-11-23-13-15/h1-8,15,23H,9-14H2,(H,24,27)(H,25,26). The lowest BCUT2D eigenvalue weighted by molar-refractivity contribution is -0.118. The third-order valence-electron chi connectivity index (χ3n) is 4.64. The molecule has 1 atom stereocenters. The van der Waals surface area contributed by atoms with E-state index in [1.165, 1.54) is 12.1 Å². The molecule has 0 aliphatic carbocycles. The number of hydrogen-bond acceptors (Lipinski definition) is 4.